The molecule has 0 radical (unpaired) electrons. The topological polar surface area (TPSA) is 71.3 Å². The third-order valence-electron chi connectivity index (χ3n) is 5.21. The minimum atomic E-state index is 0. The summed E-state index contributed by atoms with van der Waals surface area (Å²) in [6.07, 6.45) is 0.786. The summed E-state index contributed by atoms with van der Waals surface area (Å²) in [5.74, 6) is 3.39. The number of nitrogens with one attached hydrogen (secondary N) is 2. The van der Waals surface area contributed by atoms with Gasteiger partial charge in [-0.2, -0.15) is 0 Å². The van der Waals surface area contributed by atoms with Crippen LogP contribution in [0.25, 0.3) is 0 Å². The molecule has 0 bridgehead atoms. The Bertz CT molecular complexity index is 840. The fourth-order valence-corrected chi connectivity index (χ4v) is 3.78. The van der Waals surface area contributed by atoms with E-state index in [9.17, 15) is 0 Å². The number of aryl methyl sites for hydroxylation is 1. The van der Waals surface area contributed by atoms with E-state index in [1.165, 1.54) is 0 Å². The molecule has 1 unspecified atom stereocenters. The Morgan fingerprint density at radius 3 is 2.61 bits per heavy atom. The Morgan fingerprint density at radius 2 is 2.00 bits per heavy atom. The average molecular weight is 563 g/mol. The van der Waals surface area contributed by atoms with Gasteiger partial charge >= 0.3 is 0 Å². The largest absolute Gasteiger partial charge is 0.497 e. The zero-order chi connectivity index (χ0) is 21.3. The number of guanidine groups is 1. The molecule has 0 saturated carbocycles. The lowest BCUT2D eigenvalue weighted by Gasteiger charge is -2.33. The van der Waals surface area contributed by atoms with E-state index >= 15 is 0 Å². The number of furan rings is 1. The van der Waals surface area contributed by atoms with Crippen molar-refractivity contribution in [2.45, 2.75) is 19.4 Å². The van der Waals surface area contributed by atoms with E-state index in [0.29, 0.717) is 18.1 Å². The minimum Gasteiger partial charge on any atom is -0.497 e. The van der Waals surface area contributed by atoms with Crippen LogP contribution in [0.5, 0.6) is 5.75 Å². The number of nitrogens with zero attached hydrogens (tertiary/aromatic N) is 2. The number of ether oxygens (including phenoxy) is 2. The van der Waals surface area contributed by atoms with Crippen LogP contribution in [0.1, 0.15) is 23.1 Å². The fraction of sp³-hybridized carbons (Fsp3) is 0.500. The van der Waals surface area contributed by atoms with Gasteiger partial charge in [-0.25, -0.2) is 0 Å². The Balaban J connectivity index is 0.00000341. The van der Waals surface area contributed by atoms with Gasteiger partial charge in [-0.15, -0.1) is 24.0 Å². The lowest BCUT2D eigenvalue weighted by atomic mass is 10.1. The maximum absolute atomic E-state index is 6.34. The van der Waals surface area contributed by atoms with Crippen LogP contribution in [0.4, 0.5) is 0 Å². The summed E-state index contributed by atoms with van der Waals surface area (Å²) in [7, 11) is 3.41. The van der Waals surface area contributed by atoms with Crippen molar-refractivity contribution in [1.82, 2.24) is 15.5 Å². The van der Waals surface area contributed by atoms with E-state index in [-0.39, 0.29) is 30.0 Å². The smallest absolute Gasteiger partial charge is 0.191 e. The van der Waals surface area contributed by atoms with Crippen molar-refractivity contribution in [3.05, 3.63) is 52.4 Å². The maximum Gasteiger partial charge on any atom is 0.191 e. The zero-order valence-electron chi connectivity index (χ0n) is 18.3. The SMILES string of the molecule is CN=C(NCCc1ccc(OC)cc1Cl)NCC(c1ccc(C)o1)N1CCOCC1.I. The number of halogens is 2. The Hall–Kier alpha value is -1.49. The third kappa shape index (κ3) is 7.55. The van der Waals surface area contributed by atoms with E-state index in [1.807, 2.05) is 31.2 Å². The second kappa shape index (κ2) is 13.1. The normalized spacial score (nSPS) is 15.8. The number of benzene rings is 1. The molecular formula is C22H32ClIN4O3. The lowest BCUT2D eigenvalue weighted by molar-refractivity contribution is 0.0124. The lowest BCUT2D eigenvalue weighted by Crippen LogP contribution is -2.46. The first-order chi connectivity index (χ1) is 14.6. The molecule has 2 heterocycles. The van der Waals surface area contributed by atoms with Crippen LogP contribution in [0.2, 0.25) is 5.02 Å². The average Bonchev–Trinajstić information content (AvgIpc) is 3.20. The number of aliphatic imine (C=N–C) groups is 1. The molecule has 0 spiro atoms. The third-order valence-corrected chi connectivity index (χ3v) is 5.56. The molecule has 1 saturated heterocycles. The van der Waals surface area contributed by atoms with Crippen molar-refractivity contribution in [3.63, 3.8) is 0 Å². The molecule has 1 fully saturated rings. The Labute approximate surface area is 206 Å². The number of rotatable bonds is 8. The molecular weight excluding hydrogens is 531 g/mol. The first-order valence-electron chi connectivity index (χ1n) is 10.3. The highest BCUT2D eigenvalue weighted by Crippen LogP contribution is 2.24. The van der Waals surface area contributed by atoms with Crippen molar-refractivity contribution in [1.29, 1.82) is 0 Å². The van der Waals surface area contributed by atoms with E-state index in [1.54, 1.807) is 14.2 Å². The van der Waals surface area contributed by atoms with Crippen molar-refractivity contribution in [2.24, 2.45) is 4.99 Å². The van der Waals surface area contributed by atoms with E-state index in [4.69, 9.17) is 25.5 Å². The first kappa shape index (κ1) is 25.8. The number of morpholine rings is 1. The van der Waals surface area contributed by atoms with Gasteiger partial charge in [0.15, 0.2) is 5.96 Å². The maximum atomic E-state index is 6.34. The van der Waals surface area contributed by atoms with Gasteiger partial charge in [0.1, 0.15) is 17.3 Å². The molecule has 1 aromatic carbocycles. The van der Waals surface area contributed by atoms with Crippen molar-refractivity contribution in [2.75, 3.05) is 53.6 Å². The minimum absolute atomic E-state index is 0. The number of hydrogen-bond donors (Lipinski definition) is 2. The van der Waals surface area contributed by atoms with Crippen LogP contribution in [-0.4, -0.2) is 64.4 Å². The van der Waals surface area contributed by atoms with Gasteiger partial charge < -0.3 is 24.5 Å². The molecule has 1 aromatic heterocycles. The van der Waals surface area contributed by atoms with Crippen molar-refractivity contribution >= 4 is 41.5 Å². The molecule has 9 heteroatoms. The fourth-order valence-electron chi connectivity index (χ4n) is 3.52. The summed E-state index contributed by atoms with van der Waals surface area (Å²) < 4.78 is 16.6. The first-order valence-corrected chi connectivity index (χ1v) is 10.6. The molecule has 1 aliphatic rings. The summed E-state index contributed by atoms with van der Waals surface area (Å²) >= 11 is 6.34. The van der Waals surface area contributed by atoms with Crippen LogP contribution in [0.15, 0.2) is 39.7 Å². The quantitative estimate of drug-likeness (QED) is 0.291. The van der Waals surface area contributed by atoms with Gasteiger partial charge in [-0.1, -0.05) is 17.7 Å². The molecule has 31 heavy (non-hydrogen) atoms. The second-order valence-electron chi connectivity index (χ2n) is 7.20. The molecule has 1 atom stereocenters. The monoisotopic (exact) mass is 562 g/mol. The highest BCUT2D eigenvalue weighted by atomic mass is 127. The van der Waals surface area contributed by atoms with Gasteiger partial charge in [-0.05, 0) is 43.2 Å². The predicted octanol–water partition coefficient (Wildman–Crippen LogP) is 3.65. The van der Waals surface area contributed by atoms with Crippen LogP contribution < -0.4 is 15.4 Å². The standard InChI is InChI=1S/C22H31ClN4O3.HI/c1-16-4-7-21(30-16)20(27-10-12-29-13-11-27)15-26-22(24-2)25-9-8-17-5-6-18(28-3)14-19(17)23;/h4-7,14,20H,8-13,15H2,1-3H3,(H2,24,25,26);1H. The predicted molar refractivity (Wildman–Crippen MR) is 135 cm³/mol. The van der Waals surface area contributed by atoms with E-state index in [0.717, 1.165) is 61.5 Å². The molecule has 172 valence electrons. The van der Waals surface area contributed by atoms with Crippen LogP contribution in [0.3, 0.4) is 0 Å². The van der Waals surface area contributed by atoms with Gasteiger partial charge in [0.05, 0.1) is 26.4 Å². The van der Waals surface area contributed by atoms with E-state index in [2.05, 4.69) is 26.6 Å². The molecule has 0 aliphatic carbocycles. The van der Waals surface area contributed by atoms with Gasteiger partial charge in [0.25, 0.3) is 0 Å². The molecule has 0 amide bonds. The molecule has 1 aliphatic heterocycles. The van der Waals surface area contributed by atoms with Crippen molar-refractivity contribution in [3.8, 4) is 5.75 Å². The summed E-state index contributed by atoms with van der Waals surface area (Å²) in [5.41, 5.74) is 1.07. The zero-order valence-corrected chi connectivity index (χ0v) is 21.4. The Morgan fingerprint density at radius 1 is 1.23 bits per heavy atom. The van der Waals surface area contributed by atoms with Gasteiger partial charge in [0, 0.05) is 38.2 Å². The summed E-state index contributed by atoms with van der Waals surface area (Å²) in [5, 5.41) is 7.51. The molecule has 2 N–H and O–H groups in total. The van der Waals surface area contributed by atoms with Gasteiger partial charge in [0.2, 0.25) is 0 Å². The number of methoxy groups -OCH3 is 1. The molecule has 3 rings (SSSR count). The van der Waals surface area contributed by atoms with Gasteiger partial charge in [-0.3, -0.25) is 9.89 Å². The van der Waals surface area contributed by atoms with E-state index < -0.39 is 0 Å². The van der Waals surface area contributed by atoms with Crippen LogP contribution >= 0.6 is 35.6 Å². The second-order valence-corrected chi connectivity index (χ2v) is 7.61. The Kier molecular flexibility index (Phi) is 10.9. The highest BCUT2D eigenvalue weighted by Gasteiger charge is 2.25. The summed E-state index contributed by atoms with van der Waals surface area (Å²) in [6.45, 7) is 6.63. The molecule has 7 nitrogen and oxygen atoms in total. The highest BCUT2D eigenvalue weighted by molar-refractivity contribution is 14.0. The van der Waals surface area contributed by atoms with Crippen molar-refractivity contribution < 1.29 is 13.9 Å². The van der Waals surface area contributed by atoms with Crippen LogP contribution in [-0.2, 0) is 11.2 Å². The number of hydrogen-bond acceptors (Lipinski definition) is 5. The van der Waals surface area contributed by atoms with Crippen LogP contribution in [0, 0.1) is 6.92 Å². The summed E-state index contributed by atoms with van der Waals surface area (Å²) in [4.78, 5) is 6.74. The summed E-state index contributed by atoms with van der Waals surface area (Å²) in [6, 6.07) is 9.94. The molecule has 2 aromatic rings.